The van der Waals surface area contributed by atoms with Crippen LogP contribution in [0, 0.1) is 0 Å². The van der Waals surface area contributed by atoms with Crippen LogP contribution >= 0.6 is 0 Å². The summed E-state index contributed by atoms with van der Waals surface area (Å²) < 4.78 is 0. The molecule has 0 bridgehead atoms. The Morgan fingerprint density at radius 3 is 2.27 bits per heavy atom. The molecule has 4 rings (SSSR count). The predicted octanol–water partition coefficient (Wildman–Crippen LogP) is 1.55. The van der Waals surface area contributed by atoms with E-state index in [2.05, 4.69) is 16.0 Å². The lowest BCUT2D eigenvalue weighted by molar-refractivity contribution is -0.138. The topological polar surface area (TPSA) is 108 Å². The van der Waals surface area contributed by atoms with Crippen LogP contribution < -0.4 is 16.0 Å². The van der Waals surface area contributed by atoms with E-state index in [0.29, 0.717) is 19.4 Å². The summed E-state index contributed by atoms with van der Waals surface area (Å²) in [5.74, 6) is -0.747. The SMILES string of the molecule is O=CC1C=CCN1C(=O)C(Cc1ccccc1)NC(=O)CC(Cc1ccccc1)NC(=O)C1CCCN1. The molecular formula is C29H34N4O4. The van der Waals surface area contributed by atoms with Crippen molar-refractivity contribution in [2.45, 2.75) is 56.3 Å². The largest absolute Gasteiger partial charge is 0.351 e. The van der Waals surface area contributed by atoms with Gasteiger partial charge in [0.25, 0.3) is 0 Å². The first kappa shape index (κ1) is 26.3. The maximum absolute atomic E-state index is 13.4. The van der Waals surface area contributed by atoms with Gasteiger partial charge in [-0.3, -0.25) is 14.4 Å². The minimum atomic E-state index is -0.832. The highest BCUT2D eigenvalue weighted by Crippen LogP contribution is 2.14. The van der Waals surface area contributed by atoms with Gasteiger partial charge in [0.05, 0.1) is 6.04 Å². The predicted molar refractivity (Wildman–Crippen MR) is 141 cm³/mol. The van der Waals surface area contributed by atoms with Crippen LogP contribution in [0.4, 0.5) is 0 Å². The third-order valence-corrected chi connectivity index (χ3v) is 6.81. The van der Waals surface area contributed by atoms with Gasteiger partial charge < -0.3 is 25.6 Å². The van der Waals surface area contributed by atoms with Crippen LogP contribution in [0.25, 0.3) is 0 Å². The number of amides is 3. The number of nitrogens with zero attached hydrogens (tertiary/aromatic N) is 1. The minimum absolute atomic E-state index is 0.0291. The van der Waals surface area contributed by atoms with Gasteiger partial charge in [0.15, 0.2) is 0 Å². The van der Waals surface area contributed by atoms with Gasteiger partial charge in [0.2, 0.25) is 17.7 Å². The van der Waals surface area contributed by atoms with E-state index in [4.69, 9.17) is 0 Å². The number of nitrogens with one attached hydrogen (secondary N) is 3. The molecule has 1 fully saturated rings. The van der Waals surface area contributed by atoms with Crippen molar-refractivity contribution in [1.29, 1.82) is 0 Å². The highest BCUT2D eigenvalue weighted by atomic mass is 16.2. The molecule has 2 aliphatic rings. The van der Waals surface area contributed by atoms with E-state index < -0.39 is 18.1 Å². The van der Waals surface area contributed by atoms with E-state index in [9.17, 15) is 19.2 Å². The van der Waals surface area contributed by atoms with Crippen molar-refractivity contribution in [3.63, 3.8) is 0 Å². The van der Waals surface area contributed by atoms with Crippen LogP contribution in [0.15, 0.2) is 72.8 Å². The summed E-state index contributed by atoms with van der Waals surface area (Å²) in [5, 5.41) is 9.15. The van der Waals surface area contributed by atoms with Gasteiger partial charge in [-0.25, -0.2) is 0 Å². The maximum atomic E-state index is 13.4. The molecule has 37 heavy (non-hydrogen) atoms. The number of hydrogen-bond donors (Lipinski definition) is 3. The highest BCUT2D eigenvalue weighted by molar-refractivity contribution is 5.91. The molecule has 2 aromatic carbocycles. The summed E-state index contributed by atoms with van der Waals surface area (Å²) in [7, 11) is 0. The van der Waals surface area contributed by atoms with E-state index in [1.54, 1.807) is 12.2 Å². The normalized spacial score (nSPS) is 20.3. The van der Waals surface area contributed by atoms with Crippen molar-refractivity contribution >= 4 is 24.0 Å². The van der Waals surface area contributed by atoms with Crippen molar-refractivity contribution in [2.75, 3.05) is 13.1 Å². The molecule has 0 radical (unpaired) electrons. The minimum Gasteiger partial charge on any atom is -0.351 e. The summed E-state index contributed by atoms with van der Waals surface area (Å²) in [6, 6.07) is 17.0. The first-order valence-electron chi connectivity index (χ1n) is 12.9. The van der Waals surface area contributed by atoms with Gasteiger partial charge in [-0.2, -0.15) is 0 Å². The molecule has 0 saturated carbocycles. The van der Waals surface area contributed by atoms with Gasteiger partial charge in [-0.15, -0.1) is 0 Å². The molecule has 4 unspecified atom stereocenters. The van der Waals surface area contributed by atoms with E-state index >= 15 is 0 Å². The molecular weight excluding hydrogens is 468 g/mol. The molecule has 0 spiro atoms. The first-order chi connectivity index (χ1) is 18.0. The Balaban J connectivity index is 1.47. The second-order valence-electron chi connectivity index (χ2n) is 9.60. The van der Waals surface area contributed by atoms with Crippen molar-refractivity contribution in [1.82, 2.24) is 20.9 Å². The van der Waals surface area contributed by atoms with Gasteiger partial charge in [-0.05, 0) is 36.9 Å². The maximum Gasteiger partial charge on any atom is 0.246 e. The Labute approximate surface area is 217 Å². The van der Waals surface area contributed by atoms with Gasteiger partial charge in [0.1, 0.15) is 18.4 Å². The molecule has 0 aliphatic carbocycles. The molecule has 2 aliphatic heterocycles. The summed E-state index contributed by atoms with van der Waals surface area (Å²) >= 11 is 0. The third-order valence-electron chi connectivity index (χ3n) is 6.81. The number of aldehydes is 1. The van der Waals surface area contributed by atoms with Crippen LogP contribution in [0.3, 0.4) is 0 Å². The lowest BCUT2D eigenvalue weighted by Crippen LogP contribution is -2.53. The number of carbonyl (C=O) groups is 4. The number of rotatable bonds is 11. The van der Waals surface area contributed by atoms with Gasteiger partial charge in [0, 0.05) is 25.4 Å². The Kier molecular flexibility index (Phi) is 9.21. The summed E-state index contributed by atoms with van der Waals surface area (Å²) in [4.78, 5) is 52.5. The Morgan fingerprint density at radius 2 is 1.65 bits per heavy atom. The van der Waals surface area contributed by atoms with Gasteiger partial charge >= 0.3 is 0 Å². The zero-order chi connectivity index (χ0) is 26.0. The molecule has 8 heteroatoms. The van der Waals surface area contributed by atoms with Crippen LogP contribution in [-0.4, -0.2) is 66.2 Å². The lowest BCUT2D eigenvalue weighted by Gasteiger charge is -2.28. The van der Waals surface area contributed by atoms with Gasteiger partial charge in [-0.1, -0.05) is 72.8 Å². The van der Waals surface area contributed by atoms with E-state index in [1.807, 2.05) is 60.7 Å². The summed E-state index contributed by atoms with van der Waals surface area (Å²) in [6.45, 7) is 1.13. The molecule has 3 amide bonds. The number of hydrogen-bond acceptors (Lipinski definition) is 5. The lowest BCUT2D eigenvalue weighted by atomic mass is 10.0. The number of benzene rings is 2. The fourth-order valence-corrected chi connectivity index (χ4v) is 4.91. The summed E-state index contributed by atoms with van der Waals surface area (Å²) in [5.41, 5.74) is 1.91. The van der Waals surface area contributed by atoms with Crippen molar-refractivity contribution in [3.8, 4) is 0 Å². The van der Waals surface area contributed by atoms with Crippen molar-refractivity contribution < 1.29 is 19.2 Å². The average Bonchev–Trinajstić information content (AvgIpc) is 3.61. The van der Waals surface area contributed by atoms with E-state index in [-0.39, 0.29) is 30.2 Å². The van der Waals surface area contributed by atoms with Crippen molar-refractivity contribution in [2.24, 2.45) is 0 Å². The van der Waals surface area contributed by atoms with E-state index in [0.717, 1.165) is 36.8 Å². The molecule has 2 aromatic rings. The highest BCUT2D eigenvalue weighted by Gasteiger charge is 2.32. The van der Waals surface area contributed by atoms with Crippen LogP contribution in [-0.2, 0) is 32.0 Å². The smallest absolute Gasteiger partial charge is 0.246 e. The quantitative estimate of drug-likeness (QED) is 0.319. The zero-order valence-electron chi connectivity index (χ0n) is 20.8. The van der Waals surface area contributed by atoms with Crippen molar-refractivity contribution in [3.05, 3.63) is 83.9 Å². The molecule has 194 valence electrons. The molecule has 4 atom stereocenters. The van der Waals surface area contributed by atoms with E-state index in [1.165, 1.54) is 4.90 Å². The Morgan fingerprint density at radius 1 is 0.973 bits per heavy atom. The fraction of sp³-hybridized carbons (Fsp3) is 0.379. The van der Waals surface area contributed by atoms with Crippen LogP contribution in [0.2, 0.25) is 0 Å². The number of carbonyl (C=O) groups excluding carboxylic acids is 4. The Bertz CT molecular complexity index is 1100. The molecule has 8 nitrogen and oxygen atoms in total. The first-order valence-corrected chi connectivity index (χ1v) is 12.9. The molecule has 2 heterocycles. The second-order valence-corrected chi connectivity index (χ2v) is 9.60. The molecule has 1 saturated heterocycles. The average molecular weight is 503 g/mol. The third kappa shape index (κ3) is 7.36. The Hall–Kier alpha value is -3.78. The second kappa shape index (κ2) is 13.0. The van der Waals surface area contributed by atoms with Crippen LogP contribution in [0.1, 0.15) is 30.4 Å². The standard InChI is InChI=1S/C29H34N4O4/c34-20-24-13-8-16-33(24)29(37)26(18-22-11-5-2-6-12-22)32-27(35)19-23(17-21-9-3-1-4-10-21)31-28(36)25-14-7-15-30-25/h1-6,8-13,20,23-26,30H,7,14-19H2,(H,31,36)(H,32,35). The molecule has 3 N–H and O–H groups in total. The fourth-order valence-electron chi connectivity index (χ4n) is 4.91. The van der Waals surface area contributed by atoms with Crippen LogP contribution in [0.5, 0.6) is 0 Å². The monoisotopic (exact) mass is 502 g/mol. The zero-order valence-corrected chi connectivity index (χ0v) is 20.8. The summed E-state index contributed by atoms with van der Waals surface area (Å²) in [6.07, 6.45) is 6.73. The molecule has 0 aromatic heterocycles.